The Morgan fingerprint density at radius 3 is 2.75 bits per heavy atom. The van der Waals surface area contributed by atoms with Crippen molar-refractivity contribution in [3.63, 3.8) is 0 Å². The third-order valence-electron chi connectivity index (χ3n) is 4.37. The largest absolute Gasteiger partial charge is 0.503 e. The van der Waals surface area contributed by atoms with E-state index >= 15 is 0 Å². The van der Waals surface area contributed by atoms with Gasteiger partial charge < -0.3 is 15.9 Å². The minimum Gasteiger partial charge on any atom is -0.450 e. The zero-order valence-corrected chi connectivity index (χ0v) is 13.7. The second-order valence-corrected chi connectivity index (χ2v) is 6.02. The van der Waals surface area contributed by atoms with Crippen molar-refractivity contribution in [3.8, 4) is 5.82 Å². The number of imidazole rings is 1. The lowest BCUT2D eigenvalue weighted by Crippen LogP contribution is -2.14. The van der Waals surface area contributed by atoms with E-state index in [2.05, 4.69) is 23.1 Å². The Labute approximate surface area is 141 Å². The van der Waals surface area contributed by atoms with E-state index in [1.54, 1.807) is 0 Å². The monoisotopic (exact) mass is 332 g/mol. The van der Waals surface area contributed by atoms with Gasteiger partial charge in [0.25, 0.3) is 0 Å². The van der Waals surface area contributed by atoms with Crippen LogP contribution in [-0.4, -0.2) is 37.4 Å². The standard InChI is InChI=1S/C16H22N4.CH2O3/c1-2-12(9-17)7-13-8-14(13)15-10-20(11-19-15)16-5-3-4-6-18-16;2-1(3)4/h3-6,10-14H,2,7-9,17H2,1H3;(H2,2,3,4). The van der Waals surface area contributed by atoms with Crippen molar-refractivity contribution in [1.29, 1.82) is 0 Å². The molecule has 3 atom stereocenters. The molecule has 2 aromatic rings. The Hall–Kier alpha value is -2.41. The highest BCUT2D eigenvalue weighted by Crippen LogP contribution is 2.50. The van der Waals surface area contributed by atoms with Crippen LogP contribution in [0, 0.1) is 11.8 Å². The predicted octanol–water partition coefficient (Wildman–Crippen LogP) is 2.97. The number of aromatic nitrogens is 3. The average molecular weight is 332 g/mol. The Morgan fingerprint density at radius 1 is 1.42 bits per heavy atom. The van der Waals surface area contributed by atoms with E-state index in [-0.39, 0.29) is 0 Å². The Kier molecular flexibility index (Phi) is 6.31. The van der Waals surface area contributed by atoms with Crippen molar-refractivity contribution < 1.29 is 15.0 Å². The summed E-state index contributed by atoms with van der Waals surface area (Å²) in [6, 6.07) is 5.92. The van der Waals surface area contributed by atoms with E-state index in [9.17, 15) is 0 Å². The van der Waals surface area contributed by atoms with Crippen LogP contribution in [-0.2, 0) is 0 Å². The van der Waals surface area contributed by atoms with Crippen molar-refractivity contribution >= 4 is 6.16 Å². The fourth-order valence-corrected chi connectivity index (χ4v) is 2.89. The Balaban J connectivity index is 0.000000471. The van der Waals surface area contributed by atoms with Crippen LogP contribution in [0.1, 0.15) is 37.8 Å². The summed E-state index contributed by atoms with van der Waals surface area (Å²) in [5.41, 5.74) is 7.00. The highest BCUT2D eigenvalue weighted by molar-refractivity contribution is 5.53. The van der Waals surface area contributed by atoms with Gasteiger partial charge in [0.05, 0.1) is 5.69 Å². The van der Waals surface area contributed by atoms with Gasteiger partial charge >= 0.3 is 6.16 Å². The summed E-state index contributed by atoms with van der Waals surface area (Å²) < 4.78 is 2.00. The predicted molar refractivity (Wildman–Crippen MR) is 90.3 cm³/mol. The molecule has 2 heterocycles. The van der Waals surface area contributed by atoms with E-state index < -0.39 is 6.16 Å². The SMILES string of the molecule is CCC(CN)CC1CC1c1cn(-c2ccccn2)cn1.O=C(O)O. The smallest absolute Gasteiger partial charge is 0.450 e. The van der Waals surface area contributed by atoms with Gasteiger partial charge in [0.1, 0.15) is 12.1 Å². The van der Waals surface area contributed by atoms with E-state index in [4.69, 9.17) is 20.7 Å². The van der Waals surface area contributed by atoms with Crippen LogP contribution in [0.15, 0.2) is 36.9 Å². The molecule has 0 spiro atoms. The van der Waals surface area contributed by atoms with Crippen LogP contribution >= 0.6 is 0 Å². The van der Waals surface area contributed by atoms with Crippen molar-refractivity contribution in [1.82, 2.24) is 14.5 Å². The fourth-order valence-electron chi connectivity index (χ4n) is 2.89. The molecule has 0 aliphatic heterocycles. The average Bonchev–Trinajstić information content (AvgIpc) is 3.16. The van der Waals surface area contributed by atoms with Crippen LogP contribution in [0.5, 0.6) is 0 Å². The first kappa shape index (κ1) is 17.9. The first-order valence-corrected chi connectivity index (χ1v) is 8.12. The third-order valence-corrected chi connectivity index (χ3v) is 4.37. The number of rotatable bonds is 6. The number of hydrogen-bond donors (Lipinski definition) is 3. The van der Waals surface area contributed by atoms with Gasteiger partial charge in [-0.05, 0) is 43.4 Å². The van der Waals surface area contributed by atoms with Gasteiger partial charge in [-0.3, -0.25) is 4.57 Å². The quantitative estimate of drug-likeness (QED) is 0.749. The van der Waals surface area contributed by atoms with Gasteiger partial charge in [0.15, 0.2) is 0 Å². The Morgan fingerprint density at radius 2 is 2.17 bits per heavy atom. The fraction of sp³-hybridized carbons (Fsp3) is 0.471. The maximum atomic E-state index is 8.56. The molecule has 3 unspecified atom stereocenters. The molecule has 0 radical (unpaired) electrons. The Bertz CT molecular complexity index is 636. The number of carbonyl (C=O) groups is 1. The zero-order valence-electron chi connectivity index (χ0n) is 13.7. The maximum absolute atomic E-state index is 8.56. The third kappa shape index (κ3) is 5.06. The number of nitrogens with zero attached hydrogens (tertiary/aromatic N) is 3. The number of carboxylic acid groups (broad SMARTS) is 2. The van der Waals surface area contributed by atoms with Gasteiger partial charge in [-0.1, -0.05) is 19.4 Å². The molecule has 0 aromatic carbocycles. The van der Waals surface area contributed by atoms with Crippen molar-refractivity contribution in [2.75, 3.05) is 6.54 Å². The van der Waals surface area contributed by atoms with E-state index in [0.717, 1.165) is 18.3 Å². The zero-order chi connectivity index (χ0) is 17.5. The first-order chi connectivity index (χ1) is 11.5. The first-order valence-electron chi connectivity index (χ1n) is 8.12. The molecule has 1 saturated carbocycles. The topological polar surface area (TPSA) is 114 Å². The molecule has 24 heavy (non-hydrogen) atoms. The lowest BCUT2D eigenvalue weighted by molar-refractivity contribution is 0.137. The van der Waals surface area contributed by atoms with Gasteiger partial charge in [0, 0.05) is 18.3 Å². The number of pyridine rings is 1. The molecule has 4 N–H and O–H groups in total. The summed E-state index contributed by atoms with van der Waals surface area (Å²) in [5.74, 6) is 3.00. The highest BCUT2D eigenvalue weighted by atomic mass is 16.6. The van der Waals surface area contributed by atoms with Crippen LogP contribution in [0.25, 0.3) is 5.82 Å². The lowest BCUT2D eigenvalue weighted by atomic mass is 9.98. The summed E-state index contributed by atoms with van der Waals surface area (Å²) in [6.45, 7) is 3.03. The normalized spacial score (nSPS) is 19.9. The summed E-state index contributed by atoms with van der Waals surface area (Å²) in [7, 11) is 0. The molecule has 7 heteroatoms. The van der Waals surface area contributed by atoms with Crippen LogP contribution in [0.4, 0.5) is 4.79 Å². The molecule has 1 aliphatic carbocycles. The summed E-state index contributed by atoms with van der Waals surface area (Å²) in [6.07, 6.45) is 7.65. The molecular formula is C17H24N4O3. The molecule has 1 fully saturated rings. The minimum absolute atomic E-state index is 0.626. The molecule has 0 amide bonds. The molecular weight excluding hydrogens is 308 g/mol. The maximum Gasteiger partial charge on any atom is 0.503 e. The summed E-state index contributed by atoms with van der Waals surface area (Å²) in [4.78, 5) is 17.5. The van der Waals surface area contributed by atoms with Crippen molar-refractivity contribution in [2.24, 2.45) is 17.6 Å². The van der Waals surface area contributed by atoms with E-state index in [0.29, 0.717) is 11.8 Å². The molecule has 3 rings (SSSR count). The molecule has 130 valence electrons. The molecule has 1 aliphatic rings. The molecule has 0 bridgehead atoms. The van der Waals surface area contributed by atoms with E-state index in [1.165, 1.54) is 25.0 Å². The number of nitrogens with two attached hydrogens (primary N) is 1. The van der Waals surface area contributed by atoms with E-state index in [1.807, 2.05) is 35.3 Å². The molecule has 0 saturated heterocycles. The van der Waals surface area contributed by atoms with Crippen LogP contribution < -0.4 is 5.73 Å². The molecule has 2 aromatic heterocycles. The minimum atomic E-state index is -1.83. The van der Waals surface area contributed by atoms with Gasteiger partial charge in [-0.15, -0.1) is 0 Å². The summed E-state index contributed by atoms with van der Waals surface area (Å²) in [5, 5.41) is 13.9. The van der Waals surface area contributed by atoms with Gasteiger partial charge in [-0.2, -0.15) is 0 Å². The van der Waals surface area contributed by atoms with Crippen LogP contribution in [0.3, 0.4) is 0 Å². The number of hydrogen-bond acceptors (Lipinski definition) is 4. The second-order valence-electron chi connectivity index (χ2n) is 6.02. The molecule has 7 nitrogen and oxygen atoms in total. The lowest BCUT2D eigenvalue weighted by Gasteiger charge is -2.10. The van der Waals surface area contributed by atoms with Gasteiger partial charge in [-0.25, -0.2) is 14.8 Å². The summed E-state index contributed by atoms with van der Waals surface area (Å²) >= 11 is 0. The van der Waals surface area contributed by atoms with Crippen LogP contribution in [0.2, 0.25) is 0 Å². The highest BCUT2D eigenvalue weighted by Gasteiger charge is 2.40. The van der Waals surface area contributed by atoms with Gasteiger partial charge in [0.2, 0.25) is 0 Å². The van der Waals surface area contributed by atoms with Crippen molar-refractivity contribution in [3.05, 3.63) is 42.6 Å². The second kappa shape index (κ2) is 8.44. The van der Waals surface area contributed by atoms with Crippen molar-refractivity contribution in [2.45, 2.75) is 32.1 Å².